The lowest BCUT2D eigenvalue weighted by molar-refractivity contribution is 0.189. The summed E-state index contributed by atoms with van der Waals surface area (Å²) in [5, 5.41) is 1.14. The van der Waals surface area contributed by atoms with E-state index in [9.17, 15) is 0 Å². The number of hydrogen-bond donors (Lipinski definition) is 0. The Morgan fingerprint density at radius 3 is 2.33 bits per heavy atom. The van der Waals surface area contributed by atoms with Gasteiger partial charge >= 0.3 is 0 Å². The Hall–Kier alpha value is 0.440. The molecule has 0 rings (SSSR count). The van der Waals surface area contributed by atoms with Gasteiger partial charge in [0.05, 0.1) is 0 Å². The molecule has 0 bridgehead atoms. The van der Waals surface area contributed by atoms with Crippen LogP contribution in [0.1, 0.15) is 33.1 Å². The summed E-state index contributed by atoms with van der Waals surface area (Å²) in [5.74, 6) is 1.63. The maximum atomic E-state index is 5.01. The second-order valence-corrected chi connectivity index (χ2v) is 4.29. The summed E-state index contributed by atoms with van der Waals surface area (Å²) in [6, 6.07) is 0. The number of ether oxygens (including phenoxy) is 1. The van der Waals surface area contributed by atoms with Crippen molar-refractivity contribution in [3.8, 4) is 0 Å². The molecule has 0 radical (unpaired) electrons. The summed E-state index contributed by atoms with van der Waals surface area (Å²) in [5.41, 5.74) is 0. The monoisotopic (exact) mass is 236 g/mol. The summed E-state index contributed by atoms with van der Waals surface area (Å²) in [7, 11) is 1.77. The highest BCUT2D eigenvalue weighted by Gasteiger charge is 2.10. The van der Waals surface area contributed by atoms with Crippen LogP contribution in [-0.2, 0) is 4.74 Å². The molecule has 1 unspecified atom stereocenters. The lowest BCUT2D eigenvalue weighted by Crippen LogP contribution is -2.10. The van der Waals surface area contributed by atoms with Gasteiger partial charge in [0.2, 0.25) is 0 Å². The standard InChI is InChI=1S/C10H21BrO/c1-9(2)10(8-11)6-4-5-7-12-3/h9-10H,4-8H2,1-3H3. The van der Waals surface area contributed by atoms with Gasteiger partial charge in [0.25, 0.3) is 0 Å². The summed E-state index contributed by atoms with van der Waals surface area (Å²) in [6.45, 7) is 5.50. The van der Waals surface area contributed by atoms with Gasteiger partial charge < -0.3 is 4.74 Å². The first-order chi connectivity index (χ1) is 5.72. The minimum Gasteiger partial charge on any atom is -0.385 e. The first kappa shape index (κ1) is 12.4. The molecule has 0 amide bonds. The highest BCUT2D eigenvalue weighted by molar-refractivity contribution is 9.09. The van der Waals surface area contributed by atoms with Crippen molar-refractivity contribution in [1.82, 2.24) is 0 Å². The Bertz CT molecular complexity index is 93.8. The first-order valence-electron chi connectivity index (χ1n) is 4.77. The highest BCUT2D eigenvalue weighted by atomic mass is 79.9. The van der Waals surface area contributed by atoms with Crippen LogP contribution >= 0.6 is 15.9 Å². The van der Waals surface area contributed by atoms with E-state index in [-0.39, 0.29) is 0 Å². The van der Waals surface area contributed by atoms with Crippen LogP contribution in [0.2, 0.25) is 0 Å². The summed E-state index contributed by atoms with van der Waals surface area (Å²) in [4.78, 5) is 0. The van der Waals surface area contributed by atoms with E-state index in [0.29, 0.717) is 0 Å². The van der Waals surface area contributed by atoms with E-state index >= 15 is 0 Å². The van der Waals surface area contributed by atoms with E-state index in [1.807, 2.05) is 0 Å². The topological polar surface area (TPSA) is 9.23 Å². The van der Waals surface area contributed by atoms with E-state index in [1.54, 1.807) is 7.11 Å². The smallest absolute Gasteiger partial charge is 0.0462 e. The molecular formula is C10H21BrO. The second-order valence-electron chi connectivity index (χ2n) is 3.65. The number of hydrogen-bond acceptors (Lipinski definition) is 1. The van der Waals surface area contributed by atoms with Gasteiger partial charge in [-0.05, 0) is 24.7 Å². The molecule has 0 N–H and O–H groups in total. The minimum absolute atomic E-state index is 0.798. The quantitative estimate of drug-likeness (QED) is 0.486. The number of alkyl halides is 1. The van der Waals surface area contributed by atoms with Crippen LogP contribution in [0.15, 0.2) is 0 Å². The average molecular weight is 237 g/mol. The molecule has 0 aliphatic heterocycles. The van der Waals surface area contributed by atoms with Gasteiger partial charge in [0.15, 0.2) is 0 Å². The van der Waals surface area contributed by atoms with Gasteiger partial charge in [-0.3, -0.25) is 0 Å². The fourth-order valence-corrected chi connectivity index (χ4v) is 2.31. The zero-order valence-electron chi connectivity index (χ0n) is 8.48. The zero-order chi connectivity index (χ0) is 9.40. The molecule has 0 spiro atoms. The van der Waals surface area contributed by atoms with E-state index in [1.165, 1.54) is 19.3 Å². The molecule has 12 heavy (non-hydrogen) atoms. The molecule has 1 atom stereocenters. The first-order valence-corrected chi connectivity index (χ1v) is 5.89. The van der Waals surface area contributed by atoms with Crippen molar-refractivity contribution < 1.29 is 4.74 Å². The molecule has 0 heterocycles. The predicted octanol–water partition coefficient (Wildman–Crippen LogP) is 3.47. The molecule has 74 valence electrons. The zero-order valence-corrected chi connectivity index (χ0v) is 10.1. The normalized spacial score (nSPS) is 13.8. The number of halogens is 1. The van der Waals surface area contributed by atoms with Crippen LogP contribution in [-0.4, -0.2) is 19.0 Å². The van der Waals surface area contributed by atoms with Crippen LogP contribution in [0.5, 0.6) is 0 Å². The molecule has 2 heteroatoms. The van der Waals surface area contributed by atoms with Gasteiger partial charge in [-0.25, -0.2) is 0 Å². The maximum absolute atomic E-state index is 5.01. The predicted molar refractivity (Wildman–Crippen MR) is 57.8 cm³/mol. The molecule has 0 saturated carbocycles. The maximum Gasteiger partial charge on any atom is 0.0462 e. The Morgan fingerprint density at radius 1 is 1.25 bits per heavy atom. The van der Waals surface area contributed by atoms with E-state index in [2.05, 4.69) is 29.8 Å². The molecule has 0 aromatic rings. The fourth-order valence-electron chi connectivity index (χ4n) is 1.24. The summed E-state index contributed by atoms with van der Waals surface area (Å²) < 4.78 is 5.01. The van der Waals surface area contributed by atoms with Gasteiger partial charge in [0, 0.05) is 19.0 Å². The van der Waals surface area contributed by atoms with Crippen LogP contribution in [0.25, 0.3) is 0 Å². The summed E-state index contributed by atoms with van der Waals surface area (Å²) in [6.07, 6.45) is 3.82. The van der Waals surface area contributed by atoms with Gasteiger partial charge in [-0.15, -0.1) is 0 Å². The lowest BCUT2D eigenvalue weighted by Gasteiger charge is -2.17. The Kier molecular flexibility index (Phi) is 8.35. The van der Waals surface area contributed by atoms with Crippen LogP contribution in [0.4, 0.5) is 0 Å². The van der Waals surface area contributed by atoms with Crippen molar-refractivity contribution in [2.24, 2.45) is 11.8 Å². The third-order valence-electron chi connectivity index (χ3n) is 2.31. The number of methoxy groups -OCH3 is 1. The fraction of sp³-hybridized carbons (Fsp3) is 1.00. The van der Waals surface area contributed by atoms with Crippen molar-refractivity contribution in [2.75, 3.05) is 19.0 Å². The molecule has 0 saturated heterocycles. The van der Waals surface area contributed by atoms with Crippen LogP contribution in [0.3, 0.4) is 0 Å². The van der Waals surface area contributed by atoms with Gasteiger partial charge in [0.1, 0.15) is 0 Å². The highest BCUT2D eigenvalue weighted by Crippen LogP contribution is 2.20. The van der Waals surface area contributed by atoms with Crippen LogP contribution in [0, 0.1) is 11.8 Å². The third kappa shape index (κ3) is 6.01. The van der Waals surface area contributed by atoms with Gasteiger partial charge in [-0.2, -0.15) is 0 Å². The Labute approximate surface area is 85.0 Å². The minimum atomic E-state index is 0.798. The Morgan fingerprint density at radius 2 is 1.92 bits per heavy atom. The molecule has 0 aliphatic carbocycles. The average Bonchev–Trinajstić information content (AvgIpc) is 2.04. The van der Waals surface area contributed by atoms with Crippen molar-refractivity contribution in [1.29, 1.82) is 0 Å². The molecule has 0 fully saturated rings. The number of unbranched alkanes of at least 4 members (excludes halogenated alkanes) is 1. The lowest BCUT2D eigenvalue weighted by atomic mass is 9.93. The Balaban J connectivity index is 3.32. The van der Waals surface area contributed by atoms with Crippen molar-refractivity contribution in [3.63, 3.8) is 0 Å². The molecule has 0 aromatic heterocycles. The largest absolute Gasteiger partial charge is 0.385 e. The SMILES string of the molecule is COCCCCC(CBr)C(C)C. The van der Waals surface area contributed by atoms with E-state index in [4.69, 9.17) is 4.74 Å². The van der Waals surface area contributed by atoms with Crippen LogP contribution < -0.4 is 0 Å². The molecule has 1 nitrogen and oxygen atoms in total. The summed E-state index contributed by atoms with van der Waals surface area (Å²) >= 11 is 3.55. The van der Waals surface area contributed by atoms with E-state index in [0.717, 1.165) is 23.8 Å². The molecule has 0 aromatic carbocycles. The molecular weight excluding hydrogens is 216 g/mol. The second kappa shape index (κ2) is 8.06. The van der Waals surface area contributed by atoms with Crippen molar-refractivity contribution in [3.05, 3.63) is 0 Å². The van der Waals surface area contributed by atoms with E-state index < -0.39 is 0 Å². The van der Waals surface area contributed by atoms with Gasteiger partial charge in [-0.1, -0.05) is 36.2 Å². The number of rotatable bonds is 7. The third-order valence-corrected chi connectivity index (χ3v) is 3.15. The molecule has 0 aliphatic rings. The van der Waals surface area contributed by atoms with Crippen molar-refractivity contribution in [2.45, 2.75) is 33.1 Å². The van der Waals surface area contributed by atoms with Crippen molar-refractivity contribution >= 4 is 15.9 Å².